The molecule has 1 aromatic heterocycles. The van der Waals surface area contributed by atoms with E-state index in [2.05, 4.69) is 29.5 Å². The second-order valence-corrected chi connectivity index (χ2v) is 4.36. The van der Waals surface area contributed by atoms with Gasteiger partial charge in [-0.25, -0.2) is 0 Å². The summed E-state index contributed by atoms with van der Waals surface area (Å²) in [6, 6.07) is 0. The van der Waals surface area contributed by atoms with E-state index < -0.39 is 0 Å². The Labute approximate surface area is 103 Å². The number of hydrogen-bond acceptors (Lipinski definition) is 4. The van der Waals surface area contributed by atoms with Gasteiger partial charge in [0.05, 0.1) is 5.69 Å². The molecule has 0 saturated heterocycles. The molecule has 0 aliphatic carbocycles. The first-order chi connectivity index (χ1) is 8.30. The molecule has 1 rings (SSSR count). The van der Waals surface area contributed by atoms with E-state index >= 15 is 0 Å². The first kappa shape index (κ1) is 14.1. The van der Waals surface area contributed by atoms with Gasteiger partial charge in [-0.05, 0) is 18.9 Å². The van der Waals surface area contributed by atoms with Crippen molar-refractivity contribution in [2.24, 2.45) is 5.92 Å². The molecule has 0 amide bonds. The highest BCUT2D eigenvalue weighted by Crippen LogP contribution is 2.05. The highest BCUT2D eigenvalue weighted by Gasteiger charge is 2.04. The molecule has 0 radical (unpaired) electrons. The summed E-state index contributed by atoms with van der Waals surface area (Å²) in [5.41, 5.74) is 0.967. The Hall–Kier alpha value is -0.940. The summed E-state index contributed by atoms with van der Waals surface area (Å²) in [6.07, 6.45) is 5.10. The molecule has 17 heavy (non-hydrogen) atoms. The second-order valence-electron chi connectivity index (χ2n) is 4.36. The van der Waals surface area contributed by atoms with E-state index in [0.717, 1.165) is 37.7 Å². The van der Waals surface area contributed by atoms with Crippen molar-refractivity contribution >= 4 is 0 Å². The molecule has 2 N–H and O–H groups in total. The van der Waals surface area contributed by atoms with Crippen molar-refractivity contribution in [3.8, 4) is 0 Å². The van der Waals surface area contributed by atoms with E-state index in [-0.39, 0.29) is 6.61 Å². The summed E-state index contributed by atoms with van der Waals surface area (Å²) < 4.78 is 1.78. The van der Waals surface area contributed by atoms with E-state index in [1.165, 1.54) is 12.8 Å². The minimum atomic E-state index is 0.197. The van der Waals surface area contributed by atoms with Crippen molar-refractivity contribution in [1.82, 2.24) is 20.3 Å². The summed E-state index contributed by atoms with van der Waals surface area (Å²) in [5.74, 6) is 0.749. The van der Waals surface area contributed by atoms with Crippen molar-refractivity contribution in [2.75, 3.05) is 13.2 Å². The van der Waals surface area contributed by atoms with Gasteiger partial charge in [-0.3, -0.25) is 4.68 Å². The zero-order chi connectivity index (χ0) is 12.5. The van der Waals surface area contributed by atoms with Crippen LogP contribution in [0.15, 0.2) is 6.20 Å². The Kier molecular flexibility index (Phi) is 6.81. The fourth-order valence-electron chi connectivity index (χ4n) is 1.74. The van der Waals surface area contributed by atoms with Gasteiger partial charge in [0.1, 0.15) is 0 Å². The van der Waals surface area contributed by atoms with Crippen molar-refractivity contribution in [1.29, 1.82) is 0 Å². The molecule has 1 aromatic rings. The summed E-state index contributed by atoms with van der Waals surface area (Å²) in [5, 5.41) is 20.2. The molecular formula is C12H24N4O. The normalized spacial score (nSPS) is 11.3. The molecule has 0 atom stereocenters. The SMILES string of the molecule is CCC(CC)CNCc1cn(CCCO)nn1. The van der Waals surface area contributed by atoms with Crippen molar-refractivity contribution in [2.45, 2.75) is 46.2 Å². The third-order valence-electron chi connectivity index (χ3n) is 3.03. The Balaban J connectivity index is 2.24. The topological polar surface area (TPSA) is 63.0 Å². The largest absolute Gasteiger partial charge is 0.396 e. The maximum absolute atomic E-state index is 8.72. The molecule has 0 spiro atoms. The van der Waals surface area contributed by atoms with Gasteiger partial charge in [0.15, 0.2) is 0 Å². The lowest BCUT2D eigenvalue weighted by atomic mass is 10.0. The zero-order valence-electron chi connectivity index (χ0n) is 10.9. The summed E-state index contributed by atoms with van der Waals surface area (Å²) in [6.45, 7) is 7.19. The fraction of sp³-hybridized carbons (Fsp3) is 0.833. The molecule has 0 aliphatic heterocycles. The van der Waals surface area contributed by atoms with Gasteiger partial charge in [-0.1, -0.05) is 31.9 Å². The van der Waals surface area contributed by atoms with Crippen LogP contribution in [0.3, 0.4) is 0 Å². The molecule has 1 heterocycles. The number of nitrogens with one attached hydrogen (secondary N) is 1. The molecule has 0 bridgehead atoms. The quantitative estimate of drug-likeness (QED) is 0.680. The van der Waals surface area contributed by atoms with Crippen LogP contribution in [0.4, 0.5) is 0 Å². The molecule has 98 valence electrons. The molecule has 5 nitrogen and oxygen atoms in total. The standard InChI is InChI=1S/C12H24N4O/c1-3-11(4-2)8-13-9-12-10-16(15-14-12)6-5-7-17/h10-11,13,17H,3-9H2,1-2H3. The third-order valence-corrected chi connectivity index (χ3v) is 3.03. The summed E-state index contributed by atoms with van der Waals surface area (Å²) >= 11 is 0. The molecule has 0 unspecified atom stereocenters. The van der Waals surface area contributed by atoms with E-state index in [9.17, 15) is 0 Å². The molecular weight excluding hydrogens is 216 g/mol. The van der Waals surface area contributed by atoms with E-state index in [0.29, 0.717) is 0 Å². The van der Waals surface area contributed by atoms with Crippen molar-refractivity contribution in [3.05, 3.63) is 11.9 Å². The van der Waals surface area contributed by atoms with Crippen molar-refractivity contribution in [3.63, 3.8) is 0 Å². The monoisotopic (exact) mass is 240 g/mol. The average Bonchev–Trinajstić information content (AvgIpc) is 2.80. The highest BCUT2D eigenvalue weighted by atomic mass is 16.3. The number of rotatable bonds is 9. The Morgan fingerprint density at radius 2 is 2.18 bits per heavy atom. The smallest absolute Gasteiger partial charge is 0.0964 e. The van der Waals surface area contributed by atoms with Crippen LogP contribution in [0.1, 0.15) is 38.8 Å². The minimum absolute atomic E-state index is 0.197. The number of nitrogens with zero attached hydrogens (tertiary/aromatic N) is 3. The van der Waals surface area contributed by atoms with Crippen LogP contribution >= 0.6 is 0 Å². The van der Waals surface area contributed by atoms with Crippen LogP contribution in [0.5, 0.6) is 0 Å². The molecule has 0 fully saturated rings. The Morgan fingerprint density at radius 3 is 2.82 bits per heavy atom. The van der Waals surface area contributed by atoms with Gasteiger partial charge in [0, 0.05) is 25.9 Å². The van der Waals surface area contributed by atoms with Gasteiger partial charge >= 0.3 is 0 Å². The summed E-state index contributed by atoms with van der Waals surface area (Å²) in [7, 11) is 0. The highest BCUT2D eigenvalue weighted by molar-refractivity contribution is 4.91. The average molecular weight is 240 g/mol. The number of hydrogen-bond donors (Lipinski definition) is 2. The van der Waals surface area contributed by atoms with Gasteiger partial charge in [0.25, 0.3) is 0 Å². The Bertz CT molecular complexity index is 296. The van der Waals surface area contributed by atoms with Gasteiger partial charge in [-0.15, -0.1) is 5.10 Å². The van der Waals surface area contributed by atoms with Gasteiger partial charge < -0.3 is 10.4 Å². The van der Waals surface area contributed by atoms with Crippen molar-refractivity contribution < 1.29 is 5.11 Å². The Morgan fingerprint density at radius 1 is 1.41 bits per heavy atom. The molecule has 5 heteroatoms. The fourth-order valence-corrected chi connectivity index (χ4v) is 1.74. The number of aliphatic hydroxyl groups excluding tert-OH is 1. The van der Waals surface area contributed by atoms with Crippen LogP contribution < -0.4 is 5.32 Å². The maximum atomic E-state index is 8.72. The predicted octanol–water partition coefficient (Wildman–Crippen LogP) is 1.19. The lowest BCUT2D eigenvalue weighted by Crippen LogP contribution is -2.21. The summed E-state index contributed by atoms with van der Waals surface area (Å²) in [4.78, 5) is 0. The third kappa shape index (κ3) is 5.28. The molecule has 0 aliphatic rings. The maximum Gasteiger partial charge on any atom is 0.0964 e. The second kappa shape index (κ2) is 8.20. The number of aryl methyl sites for hydroxylation is 1. The number of aliphatic hydroxyl groups is 1. The van der Waals surface area contributed by atoms with Crippen LogP contribution in [0.2, 0.25) is 0 Å². The predicted molar refractivity (Wildman–Crippen MR) is 67.5 cm³/mol. The first-order valence-corrected chi connectivity index (χ1v) is 6.50. The van der Waals surface area contributed by atoms with Crippen LogP contribution in [0, 0.1) is 5.92 Å². The molecule has 0 aromatic carbocycles. The van der Waals surface area contributed by atoms with Crippen LogP contribution in [-0.4, -0.2) is 33.3 Å². The number of aromatic nitrogens is 3. The minimum Gasteiger partial charge on any atom is -0.396 e. The van der Waals surface area contributed by atoms with Gasteiger partial charge in [0.2, 0.25) is 0 Å². The van der Waals surface area contributed by atoms with Crippen LogP contribution in [-0.2, 0) is 13.1 Å². The van der Waals surface area contributed by atoms with Gasteiger partial charge in [-0.2, -0.15) is 0 Å². The lowest BCUT2D eigenvalue weighted by molar-refractivity contribution is 0.276. The molecule has 0 saturated carbocycles. The van der Waals surface area contributed by atoms with E-state index in [4.69, 9.17) is 5.11 Å². The van der Waals surface area contributed by atoms with E-state index in [1.54, 1.807) is 4.68 Å². The zero-order valence-corrected chi connectivity index (χ0v) is 10.9. The van der Waals surface area contributed by atoms with E-state index in [1.807, 2.05) is 6.20 Å². The first-order valence-electron chi connectivity index (χ1n) is 6.50. The lowest BCUT2D eigenvalue weighted by Gasteiger charge is -2.11. The van der Waals surface area contributed by atoms with Crippen LogP contribution in [0.25, 0.3) is 0 Å².